The molecule has 4 rings (SSSR count). The average molecular weight is 440 g/mol. The van der Waals surface area contributed by atoms with E-state index in [1.54, 1.807) is 12.1 Å². The fourth-order valence-electron chi connectivity index (χ4n) is 4.20. The van der Waals surface area contributed by atoms with Crippen LogP contribution in [0.5, 0.6) is 0 Å². The smallest absolute Gasteiger partial charge is 0.262 e. The van der Waals surface area contributed by atoms with Gasteiger partial charge in [0, 0.05) is 18.7 Å². The molecular formula is C24H29N3O3S. The Hall–Kier alpha value is -2.67. The Bertz CT molecular complexity index is 1090. The molecule has 0 unspecified atom stereocenters. The number of hydrogen-bond acceptors (Lipinski definition) is 4. The first-order valence-electron chi connectivity index (χ1n) is 11.1. The van der Waals surface area contributed by atoms with E-state index in [0.29, 0.717) is 24.5 Å². The first kappa shape index (κ1) is 21.6. The van der Waals surface area contributed by atoms with Gasteiger partial charge in [0.1, 0.15) is 5.84 Å². The molecule has 0 spiro atoms. The highest BCUT2D eigenvalue weighted by Gasteiger charge is 2.18. The normalized spacial score (nSPS) is 16.6. The average Bonchev–Trinajstić information content (AvgIpc) is 3.02. The largest absolute Gasteiger partial charge is 0.326 e. The lowest BCUT2D eigenvalue weighted by Crippen LogP contribution is -2.30. The number of sulfonamides is 1. The highest BCUT2D eigenvalue weighted by Crippen LogP contribution is 2.23. The summed E-state index contributed by atoms with van der Waals surface area (Å²) in [6.07, 6.45) is 8.48. The minimum atomic E-state index is -3.74. The van der Waals surface area contributed by atoms with Gasteiger partial charge >= 0.3 is 0 Å². The number of amides is 1. The number of aliphatic imine (C=N–C) groups is 1. The molecule has 0 bridgehead atoms. The van der Waals surface area contributed by atoms with E-state index in [4.69, 9.17) is 0 Å². The van der Waals surface area contributed by atoms with Gasteiger partial charge in [0.05, 0.1) is 11.3 Å². The van der Waals surface area contributed by atoms with Crippen LogP contribution in [0.15, 0.2) is 52.4 Å². The van der Waals surface area contributed by atoms with Crippen molar-refractivity contribution in [2.75, 3.05) is 11.9 Å². The Balaban J connectivity index is 1.42. The maximum atomic E-state index is 12.8. The molecule has 164 valence electrons. The third-order valence-electron chi connectivity index (χ3n) is 5.83. The molecule has 1 aliphatic heterocycles. The molecule has 1 amide bonds. The molecule has 6 nitrogen and oxygen atoms in total. The molecule has 0 aromatic heterocycles. The summed E-state index contributed by atoms with van der Waals surface area (Å²) in [5, 5.41) is 2.84. The number of benzene rings is 2. The van der Waals surface area contributed by atoms with Crippen LogP contribution in [-0.2, 0) is 34.1 Å². The van der Waals surface area contributed by atoms with Crippen molar-refractivity contribution in [2.24, 2.45) is 4.99 Å². The lowest BCUT2D eigenvalue weighted by Gasteiger charge is -2.16. The van der Waals surface area contributed by atoms with Crippen molar-refractivity contribution in [3.05, 3.63) is 59.2 Å². The van der Waals surface area contributed by atoms with Gasteiger partial charge in [0.15, 0.2) is 0 Å². The van der Waals surface area contributed by atoms with E-state index in [-0.39, 0.29) is 17.2 Å². The second-order valence-corrected chi connectivity index (χ2v) is 9.99. The summed E-state index contributed by atoms with van der Waals surface area (Å²) in [5.41, 5.74) is 4.18. The van der Waals surface area contributed by atoms with E-state index < -0.39 is 10.0 Å². The van der Waals surface area contributed by atoms with E-state index >= 15 is 0 Å². The van der Waals surface area contributed by atoms with Crippen molar-refractivity contribution in [1.29, 1.82) is 0 Å². The topological polar surface area (TPSA) is 87.6 Å². The van der Waals surface area contributed by atoms with E-state index in [0.717, 1.165) is 37.7 Å². The van der Waals surface area contributed by atoms with Crippen LogP contribution < -0.4 is 10.0 Å². The van der Waals surface area contributed by atoms with Gasteiger partial charge in [-0.15, -0.1) is 0 Å². The van der Waals surface area contributed by atoms with Crippen LogP contribution >= 0.6 is 0 Å². The molecule has 1 aliphatic carbocycles. The number of rotatable bonds is 5. The number of aryl methyl sites for hydroxylation is 2. The molecule has 7 heteroatoms. The Morgan fingerprint density at radius 3 is 2.58 bits per heavy atom. The van der Waals surface area contributed by atoms with Crippen LogP contribution in [0.2, 0.25) is 0 Å². The highest BCUT2D eigenvalue weighted by atomic mass is 32.2. The third-order valence-corrected chi connectivity index (χ3v) is 7.21. The van der Waals surface area contributed by atoms with E-state index in [2.05, 4.69) is 27.2 Å². The van der Waals surface area contributed by atoms with Crippen LogP contribution in [0.3, 0.4) is 0 Å². The number of carbonyl (C=O) groups is 1. The standard InChI is InChI=1S/C24H29N3O3S/c28-24(16-18-12-13-19-7-3-4-8-20(19)15-18)26-21-9-6-10-22(17-21)31(29,30)27-23-11-2-1-5-14-25-23/h6,9-10,12-13,15,17H,1-5,7-8,11,14,16H2,(H,25,27)(H,26,28). The summed E-state index contributed by atoms with van der Waals surface area (Å²) < 4.78 is 28.2. The molecule has 1 heterocycles. The van der Waals surface area contributed by atoms with Crippen LogP contribution in [0.1, 0.15) is 55.2 Å². The number of amidine groups is 1. The lowest BCUT2D eigenvalue weighted by atomic mass is 9.90. The van der Waals surface area contributed by atoms with Gasteiger partial charge in [0.2, 0.25) is 5.91 Å². The Labute approximate surface area is 184 Å². The van der Waals surface area contributed by atoms with Gasteiger partial charge in [0.25, 0.3) is 10.0 Å². The van der Waals surface area contributed by atoms with E-state index in [1.165, 1.54) is 36.1 Å². The summed E-state index contributed by atoms with van der Waals surface area (Å²) >= 11 is 0. The van der Waals surface area contributed by atoms with Gasteiger partial charge in [-0.1, -0.05) is 30.7 Å². The van der Waals surface area contributed by atoms with Crippen molar-refractivity contribution >= 4 is 27.5 Å². The summed E-state index contributed by atoms with van der Waals surface area (Å²) in [4.78, 5) is 17.0. The zero-order valence-corrected chi connectivity index (χ0v) is 18.5. The van der Waals surface area contributed by atoms with Gasteiger partial charge < -0.3 is 5.32 Å². The molecule has 0 radical (unpaired) electrons. The van der Waals surface area contributed by atoms with Crippen LogP contribution in [0, 0.1) is 0 Å². The molecule has 31 heavy (non-hydrogen) atoms. The van der Waals surface area contributed by atoms with Crippen molar-refractivity contribution in [3.8, 4) is 0 Å². The van der Waals surface area contributed by atoms with Crippen LogP contribution in [0.4, 0.5) is 5.69 Å². The fourth-order valence-corrected chi connectivity index (χ4v) is 5.33. The molecule has 2 N–H and O–H groups in total. The maximum absolute atomic E-state index is 12.8. The minimum Gasteiger partial charge on any atom is -0.326 e. The zero-order chi connectivity index (χ0) is 21.7. The van der Waals surface area contributed by atoms with Crippen molar-refractivity contribution in [2.45, 2.75) is 62.7 Å². The zero-order valence-electron chi connectivity index (χ0n) is 17.7. The van der Waals surface area contributed by atoms with Crippen molar-refractivity contribution in [1.82, 2.24) is 4.72 Å². The van der Waals surface area contributed by atoms with Gasteiger partial charge in [-0.3, -0.25) is 14.5 Å². The quantitative estimate of drug-likeness (QED) is 0.738. The first-order chi connectivity index (χ1) is 15.0. The predicted molar refractivity (Wildman–Crippen MR) is 123 cm³/mol. The lowest BCUT2D eigenvalue weighted by molar-refractivity contribution is -0.115. The molecular weight excluding hydrogens is 410 g/mol. The summed E-state index contributed by atoms with van der Waals surface area (Å²) in [6, 6.07) is 12.6. The predicted octanol–water partition coefficient (Wildman–Crippen LogP) is 4.00. The summed E-state index contributed by atoms with van der Waals surface area (Å²) in [6.45, 7) is 0.649. The van der Waals surface area contributed by atoms with Crippen LogP contribution in [0.25, 0.3) is 0 Å². The second-order valence-electron chi connectivity index (χ2n) is 8.31. The van der Waals surface area contributed by atoms with Gasteiger partial charge in [-0.05, 0) is 73.4 Å². The van der Waals surface area contributed by atoms with E-state index in [1.807, 2.05) is 6.07 Å². The number of anilines is 1. The number of hydrogen-bond donors (Lipinski definition) is 2. The molecule has 0 atom stereocenters. The molecule has 0 saturated heterocycles. The molecule has 2 aliphatic rings. The van der Waals surface area contributed by atoms with Gasteiger partial charge in [-0.2, -0.15) is 0 Å². The number of nitrogens with zero attached hydrogens (tertiary/aromatic N) is 1. The highest BCUT2D eigenvalue weighted by molar-refractivity contribution is 7.90. The molecule has 0 fully saturated rings. The Morgan fingerprint density at radius 1 is 0.903 bits per heavy atom. The molecule has 2 aromatic rings. The van der Waals surface area contributed by atoms with Crippen LogP contribution in [-0.4, -0.2) is 26.7 Å². The monoisotopic (exact) mass is 439 g/mol. The maximum Gasteiger partial charge on any atom is 0.262 e. The van der Waals surface area contributed by atoms with Gasteiger partial charge in [-0.25, -0.2) is 8.42 Å². The first-order valence-corrected chi connectivity index (χ1v) is 12.5. The third kappa shape index (κ3) is 5.73. The SMILES string of the molecule is O=C(Cc1ccc2c(c1)CCCC2)Nc1cccc(S(=O)(=O)NC2=NCCCCC2)c1. The Kier molecular flexibility index (Phi) is 6.70. The molecule has 2 aromatic carbocycles. The number of fused-ring (bicyclic) bond motifs is 1. The summed E-state index contributed by atoms with van der Waals surface area (Å²) in [5.74, 6) is 0.353. The molecule has 0 saturated carbocycles. The minimum absolute atomic E-state index is 0.117. The fraction of sp³-hybridized carbons (Fsp3) is 0.417. The Morgan fingerprint density at radius 2 is 1.71 bits per heavy atom. The summed E-state index contributed by atoms with van der Waals surface area (Å²) in [7, 11) is -3.74. The van der Waals surface area contributed by atoms with E-state index in [9.17, 15) is 13.2 Å². The van der Waals surface area contributed by atoms with Crippen molar-refractivity contribution in [3.63, 3.8) is 0 Å². The number of nitrogens with one attached hydrogen (secondary N) is 2. The van der Waals surface area contributed by atoms with Crippen molar-refractivity contribution < 1.29 is 13.2 Å². The number of carbonyl (C=O) groups excluding carboxylic acids is 1. The second kappa shape index (κ2) is 9.64.